The van der Waals surface area contributed by atoms with E-state index in [-0.39, 0.29) is 23.0 Å². The van der Waals surface area contributed by atoms with Crippen LogP contribution in [0.2, 0.25) is 0 Å². The average Bonchev–Trinajstić information content (AvgIpc) is 3.47. The molecule has 0 spiro atoms. The van der Waals surface area contributed by atoms with Gasteiger partial charge in [0.2, 0.25) is 0 Å². The van der Waals surface area contributed by atoms with Crippen molar-refractivity contribution in [3.8, 4) is 0 Å². The molecule has 2 rings (SSSR count). The molecule has 3 heteroatoms. The van der Waals surface area contributed by atoms with Crippen molar-refractivity contribution in [2.45, 2.75) is 96.8 Å². The van der Waals surface area contributed by atoms with Gasteiger partial charge in [-0.2, -0.15) is 12.1 Å². The fraction of sp³-hybridized carbons (Fsp3) is 0.593. The Morgan fingerprint density at radius 3 is 1.43 bits per heavy atom. The Bertz CT molecular complexity index is 528. The minimum Gasteiger partial charge on any atom is -0.748 e. The fourth-order valence-electron chi connectivity index (χ4n) is 3.38. The monoisotopic (exact) mass is 454 g/mol. The van der Waals surface area contributed by atoms with Gasteiger partial charge in [-0.25, -0.2) is 12.1 Å². The molecular formula is C27H42FeO2-6. The third kappa shape index (κ3) is 17.5. The van der Waals surface area contributed by atoms with Crippen LogP contribution in [0.3, 0.4) is 0 Å². The molecule has 0 atom stereocenters. The summed E-state index contributed by atoms with van der Waals surface area (Å²) in [5.41, 5.74) is 0.667. The molecule has 0 aromatic heterocycles. The summed E-state index contributed by atoms with van der Waals surface area (Å²) in [7, 11) is 0. The van der Waals surface area contributed by atoms with Gasteiger partial charge in [0, 0.05) is 17.1 Å². The second-order valence-corrected chi connectivity index (χ2v) is 7.87. The van der Waals surface area contributed by atoms with Gasteiger partial charge in [0.1, 0.15) is 0 Å². The van der Waals surface area contributed by atoms with Crippen LogP contribution in [-0.2, 0) is 21.8 Å². The summed E-state index contributed by atoms with van der Waals surface area (Å²) in [6, 6.07) is 17.3. The molecule has 0 fully saturated rings. The standard InChI is InChI=1S/C22H37O2.C5H5.Fe/c1-2-3-4-5-6-7-8-9-10-11-12-13-14-17-20-24-22(23)21-18-15-16-19-21;1-2-4-5-3-1;/h15-16,18-19H,2-14,17,20H2,1H3;1-5H;/q-1;-5;. The Morgan fingerprint density at radius 2 is 1.03 bits per heavy atom. The van der Waals surface area contributed by atoms with E-state index in [2.05, 4.69) is 6.92 Å². The number of carbonyl (C=O) groups is 1. The van der Waals surface area contributed by atoms with Gasteiger partial charge >= 0.3 is 0 Å². The quantitative estimate of drug-likeness (QED) is 0.110. The number of rotatable bonds is 16. The summed E-state index contributed by atoms with van der Waals surface area (Å²) >= 11 is 0. The van der Waals surface area contributed by atoms with Crippen molar-refractivity contribution in [2.75, 3.05) is 6.61 Å². The summed E-state index contributed by atoms with van der Waals surface area (Å²) < 4.78 is 5.25. The van der Waals surface area contributed by atoms with Crippen LogP contribution in [0.15, 0.2) is 54.6 Å². The number of hydrogen-bond acceptors (Lipinski definition) is 2. The van der Waals surface area contributed by atoms with Crippen molar-refractivity contribution in [1.82, 2.24) is 0 Å². The first-order valence-corrected chi connectivity index (χ1v) is 11.9. The van der Waals surface area contributed by atoms with Crippen molar-refractivity contribution < 1.29 is 26.6 Å². The Hall–Kier alpha value is -1.31. The van der Waals surface area contributed by atoms with Crippen LogP contribution in [0.4, 0.5) is 0 Å². The van der Waals surface area contributed by atoms with Crippen LogP contribution in [-0.4, -0.2) is 12.6 Å². The predicted octanol–water partition coefficient (Wildman–Crippen LogP) is 8.45. The van der Waals surface area contributed by atoms with Gasteiger partial charge in [-0.1, -0.05) is 96.0 Å². The van der Waals surface area contributed by atoms with Crippen LogP contribution in [0, 0.1) is 0 Å². The number of carbonyl (C=O) groups excluding carboxylic acids is 1. The van der Waals surface area contributed by atoms with E-state index in [1.807, 2.05) is 42.5 Å². The van der Waals surface area contributed by atoms with Crippen LogP contribution < -0.4 is 0 Å². The van der Waals surface area contributed by atoms with Gasteiger partial charge in [0.05, 0.1) is 6.61 Å². The maximum atomic E-state index is 11.6. The summed E-state index contributed by atoms with van der Waals surface area (Å²) in [5, 5.41) is 0. The van der Waals surface area contributed by atoms with Gasteiger partial charge in [0.15, 0.2) is 0 Å². The maximum Gasteiger partial charge on any atom is 0.281 e. The first kappa shape index (κ1) is 28.7. The molecule has 0 aliphatic heterocycles. The van der Waals surface area contributed by atoms with E-state index in [0.29, 0.717) is 12.2 Å². The van der Waals surface area contributed by atoms with E-state index < -0.39 is 0 Å². The van der Waals surface area contributed by atoms with Gasteiger partial charge < -0.3 is 35.1 Å². The molecule has 2 aromatic rings. The minimum atomic E-state index is -0.185. The fourth-order valence-corrected chi connectivity index (χ4v) is 3.38. The largest absolute Gasteiger partial charge is 0.748 e. The molecule has 176 valence electrons. The van der Waals surface area contributed by atoms with Gasteiger partial charge in [0.25, 0.3) is 5.97 Å². The topological polar surface area (TPSA) is 26.3 Å². The summed E-state index contributed by atoms with van der Waals surface area (Å²) in [5.74, 6) is -0.185. The number of ether oxygens (including phenoxy) is 1. The van der Waals surface area contributed by atoms with Crippen molar-refractivity contribution in [3.63, 3.8) is 0 Å². The number of esters is 1. The van der Waals surface area contributed by atoms with Crippen LogP contribution >= 0.6 is 0 Å². The van der Waals surface area contributed by atoms with Crippen LogP contribution in [0.25, 0.3) is 0 Å². The molecule has 30 heavy (non-hydrogen) atoms. The first-order chi connectivity index (χ1) is 14.3. The maximum absolute atomic E-state index is 11.6. The molecule has 2 aromatic carbocycles. The molecule has 2 nitrogen and oxygen atoms in total. The Morgan fingerprint density at radius 1 is 0.667 bits per heavy atom. The molecule has 0 N–H and O–H groups in total. The second-order valence-electron chi connectivity index (χ2n) is 7.87. The summed E-state index contributed by atoms with van der Waals surface area (Å²) in [6.45, 7) is 2.83. The van der Waals surface area contributed by atoms with Gasteiger partial charge in [-0.3, -0.25) is 4.79 Å². The van der Waals surface area contributed by atoms with Crippen LogP contribution in [0.5, 0.6) is 0 Å². The molecular weight excluding hydrogens is 412 g/mol. The molecule has 0 unspecified atom stereocenters. The Kier molecular flexibility index (Phi) is 21.4. The van der Waals surface area contributed by atoms with Crippen molar-refractivity contribution in [3.05, 3.63) is 60.2 Å². The smallest absolute Gasteiger partial charge is 0.281 e. The van der Waals surface area contributed by atoms with Gasteiger partial charge in [-0.05, 0) is 6.42 Å². The Balaban J connectivity index is 0.00000122. The molecule has 0 saturated heterocycles. The molecule has 0 radical (unpaired) electrons. The molecule has 0 bridgehead atoms. The zero-order valence-corrected chi connectivity index (χ0v) is 20.1. The third-order valence-electron chi connectivity index (χ3n) is 5.18. The predicted molar refractivity (Wildman–Crippen MR) is 125 cm³/mol. The van der Waals surface area contributed by atoms with Crippen LogP contribution in [0.1, 0.15) is 107 Å². The molecule has 0 aliphatic rings. The average molecular weight is 454 g/mol. The molecule has 0 amide bonds. The van der Waals surface area contributed by atoms with Crippen molar-refractivity contribution in [1.29, 1.82) is 0 Å². The van der Waals surface area contributed by atoms with E-state index in [1.165, 1.54) is 83.5 Å². The first-order valence-electron chi connectivity index (χ1n) is 11.9. The summed E-state index contributed by atoms with van der Waals surface area (Å²) in [6.07, 6.45) is 18.8. The van der Waals surface area contributed by atoms with E-state index >= 15 is 0 Å². The number of unbranched alkanes of at least 4 members (excludes halogenated alkanes) is 13. The summed E-state index contributed by atoms with van der Waals surface area (Å²) in [4.78, 5) is 11.6. The Labute approximate surface area is 196 Å². The SMILES string of the molecule is CCCCCCCCCCCCCCCCOC(=O)[c-]1cccc1.[Fe].[cH-]1[cH-][cH-][cH-][cH-]1. The van der Waals surface area contributed by atoms with Gasteiger partial charge in [-0.15, -0.1) is 0 Å². The number of hydrogen-bond donors (Lipinski definition) is 0. The van der Waals surface area contributed by atoms with Crippen molar-refractivity contribution >= 4 is 5.97 Å². The van der Waals surface area contributed by atoms with E-state index in [0.717, 1.165) is 6.42 Å². The zero-order valence-electron chi connectivity index (χ0n) is 19.0. The van der Waals surface area contributed by atoms with E-state index in [1.54, 1.807) is 12.1 Å². The normalized spacial score (nSPS) is 10.0. The zero-order chi connectivity index (χ0) is 20.8. The van der Waals surface area contributed by atoms with E-state index in [4.69, 9.17) is 4.74 Å². The molecule has 0 saturated carbocycles. The second kappa shape index (κ2) is 22.4. The van der Waals surface area contributed by atoms with E-state index in [9.17, 15) is 4.79 Å². The minimum absolute atomic E-state index is 0. The molecule has 0 heterocycles. The molecule has 0 aliphatic carbocycles. The third-order valence-corrected chi connectivity index (χ3v) is 5.18. The van der Waals surface area contributed by atoms with Crippen molar-refractivity contribution in [2.24, 2.45) is 0 Å².